The van der Waals surface area contributed by atoms with E-state index in [1.165, 1.54) is 30.0 Å². The fourth-order valence-electron chi connectivity index (χ4n) is 8.79. The molecule has 8 atom stereocenters. The minimum atomic E-state index is -4.54. The lowest BCUT2D eigenvalue weighted by atomic mass is 9.45. The van der Waals surface area contributed by atoms with Crippen LogP contribution in [0.5, 0.6) is 0 Å². The van der Waals surface area contributed by atoms with E-state index in [1.807, 2.05) is 6.92 Å². The monoisotopic (exact) mass is 758 g/mol. The normalized spacial score (nSPS) is 28.9. The number of carbonyl (C=O) groups excluding carboxylic acids is 3. The number of ether oxygens (including phenoxy) is 1. The number of methoxy groups -OCH3 is 1. The lowest BCUT2D eigenvalue weighted by molar-refractivity contribution is -0.185. The Hall–Kier alpha value is -4.12. The Morgan fingerprint density at radius 1 is 1.17 bits per heavy atom. The van der Waals surface area contributed by atoms with Gasteiger partial charge in [-0.3, -0.25) is 19.0 Å². The smallest absolute Gasteiger partial charge is 0.469 e. The standard InChI is InChI=1S/C37H50BF3N6O7/c1-8-27(38-53-29-24-14-23(34(24,3)4)15-36(29,6)54-38)45-30(49)26-16-35(5,46-33(51)44-17-20(2)12-28(48)52-7)32-43-19-25(31(50)47(26)32)42-18-21-10-9-11-22(13-21)37(39,40)41/h9-11,13,19-20,23-24,26-27,29,42H,8,12,14-18H2,1-7H3,(H,45,49)(H2,44,46,51)/t20-,23?,24?,26-,27-,29+,35+,36-/m0/s1. The second-order valence-electron chi connectivity index (χ2n) is 16.4. The van der Waals surface area contributed by atoms with E-state index in [0.29, 0.717) is 18.3 Å². The number of rotatable bonds is 12. The molecule has 17 heteroatoms. The molecule has 4 N–H and O–H groups in total. The molecule has 2 aliphatic heterocycles. The van der Waals surface area contributed by atoms with Crippen LogP contribution in [0.25, 0.3) is 0 Å². The Morgan fingerprint density at radius 3 is 2.57 bits per heavy atom. The summed E-state index contributed by atoms with van der Waals surface area (Å²) >= 11 is 0. The van der Waals surface area contributed by atoms with Crippen LogP contribution in [0.4, 0.5) is 23.7 Å². The Kier molecular flexibility index (Phi) is 10.6. The second-order valence-corrected chi connectivity index (χ2v) is 16.4. The zero-order valence-corrected chi connectivity index (χ0v) is 31.8. The number of esters is 1. The van der Waals surface area contributed by atoms with Gasteiger partial charge < -0.3 is 35.3 Å². The Bertz CT molecular complexity index is 1840. The van der Waals surface area contributed by atoms with Crippen molar-refractivity contribution in [3.8, 4) is 0 Å². The van der Waals surface area contributed by atoms with Crippen LogP contribution in [0.3, 0.4) is 0 Å². The molecule has 1 saturated heterocycles. The van der Waals surface area contributed by atoms with E-state index in [9.17, 15) is 32.3 Å². The topological polar surface area (TPSA) is 162 Å². The highest BCUT2D eigenvalue weighted by Crippen LogP contribution is 2.64. The van der Waals surface area contributed by atoms with Gasteiger partial charge in [-0.1, -0.05) is 39.8 Å². The number of urea groups is 1. The molecule has 0 spiro atoms. The van der Waals surface area contributed by atoms with Gasteiger partial charge in [0.05, 0.1) is 42.1 Å². The number of benzene rings is 1. The van der Waals surface area contributed by atoms with Gasteiger partial charge in [0.25, 0.3) is 5.56 Å². The van der Waals surface area contributed by atoms with Crippen molar-refractivity contribution >= 4 is 30.7 Å². The van der Waals surface area contributed by atoms with Gasteiger partial charge in [0.2, 0.25) is 5.91 Å². The molecular weight excluding hydrogens is 708 g/mol. The first-order valence-corrected chi connectivity index (χ1v) is 18.6. The van der Waals surface area contributed by atoms with Gasteiger partial charge in [0.15, 0.2) is 0 Å². The molecule has 54 heavy (non-hydrogen) atoms. The molecule has 3 heterocycles. The number of nitrogens with one attached hydrogen (secondary N) is 4. The molecule has 7 rings (SSSR count). The largest absolute Gasteiger partial charge is 0.481 e. The molecule has 4 fully saturated rings. The third-order valence-electron chi connectivity index (χ3n) is 12.1. The summed E-state index contributed by atoms with van der Waals surface area (Å²) in [5.74, 6) is -0.699. The second kappa shape index (κ2) is 14.5. The minimum absolute atomic E-state index is 0.0348. The zero-order chi connectivity index (χ0) is 39.4. The maximum Gasteiger partial charge on any atom is 0.481 e. The van der Waals surface area contributed by atoms with Gasteiger partial charge in [0, 0.05) is 25.9 Å². The number of aromatic nitrogens is 2. The van der Waals surface area contributed by atoms with Crippen molar-refractivity contribution < 1.29 is 41.6 Å². The van der Waals surface area contributed by atoms with E-state index >= 15 is 0 Å². The molecule has 2 aromatic rings. The molecule has 5 aliphatic rings. The van der Waals surface area contributed by atoms with Gasteiger partial charge in [-0.25, -0.2) is 9.78 Å². The van der Waals surface area contributed by atoms with Crippen LogP contribution in [-0.2, 0) is 41.9 Å². The third kappa shape index (κ3) is 7.45. The first-order valence-electron chi connectivity index (χ1n) is 18.6. The van der Waals surface area contributed by atoms with E-state index in [4.69, 9.17) is 14.0 Å². The average molecular weight is 759 g/mol. The maximum absolute atomic E-state index is 14.3. The number of alkyl halides is 3. The quantitative estimate of drug-likeness (QED) is 0.178. The molecular formula is C37H50BF3N6O7. The summed E-state index contributed by atoms with van der Waals surface area (Å²) in [4.78, 5) is 57.9. The molecule has 2 unspecified atom stereocenters. The summed E-state index contributed by atoms with van der Waals surface area (Å²) < 4.78 is 59.1. The molecule has 13 nitrogen and oxygen atoms in total. The van der Waals surface area contributed by atoms with Crippen LogP contribution >= 0.6 is 0 Å². The van der Waals surface area contributed by atoms with Crippen molar-refractivity contribution in [1.29, 1.82) is 0 Å². The Morgan fingerprint density at radius 2 is 1.91 bits per heavy atom. The summed E-state index contributed by atoms with van der Waals surface area (Å²) in [5, 5.41) is 11.6. The van der Waals surface area contributed by atoms with E-state index in [0.717, 1.165) is 25.0 Å². The van der Waals surface area contributed by atoms with Crippen molar-refractivity contribution in [3.63, 3.8) is 0 Å². The van der Waals surface area contributed by atoms with Crippen LogP contribution in [-0.4, -0.2) is 65.9 Å². The van der Waals surface area contributed by atoms with Gasteiger partial charge in [-0.15, -0.1) is 0 Å². The van der Waals surface area contributed by atoms with Crippen LogP contribution in [0, 0.1) is 23.2 Å². The Labute approximate surface area is 313 Å². The number of fused-ring (bicyclic) bond motifs is 1. The summed E-state index contributed by atoms with van der Waals surface area (Å²) in [6, 6.07) is 3.02. The lowest BCUT2D eigenvalue weighted by Gasteiger charge is -2.63. The predicted molar refractivity (Wildman–Crippen MR) is 193 cm³/mol. The molecule has 0 radical (unpaired) electrons. The van der Waals surface area contributed by atoms with Crippen LogP contribution in [0.1, 0.15) is 96.6 Å². The van der Waals surface area contributed by atoms with E-state index in [1.54, 1.807) is 13.8 Å². The number of nitrogens with zero attached hydrogens (tertiary/aromatic N) is 2. The van der Waals surface area contributed by atoms with Gasteiger partial charge in [0.1, 0.15) is 17.6 Å². The number of carbonyl (C=O) groups is 3. The molecule has 2 bridgehead atoms. The van der Waals surface area contributed by atoms with Crippen molar-refractivity contribution in [1.82, 2.24) is 25.5 Å². The molecule has 1 aromatic heterocycles. The number of halogens is 3. The number of hydrogen-bond donors (Lipinski definition) is 4. The molecule has 3 aliphatic carbocycles. The van der Waals surface area contributed by atoms with Crippen LogP contribution in [0.2, 0.25) is 0 Å². The van der Waals surface area contributed by atoms with Crippen molar-refractivity contribution in [3.05, 3.63) is 57.8 Å². The number of amides is 3. The highest BCUT2D eigenvalue weighted by molar-refractivity contribution is 6.47. The molecule has 3 amide bonds. The highest BCUT2D eigenvalue weighted by Gasteiger charge is 2.67. The number of hydrogen-bond acceptors (Lipinski definition) is 9. The first kappa shape index (κ1) is 39.6. The van der Waals surface area contributed by atoms with Crippen molar-refractivity contribution in [2.45, 2.75) is 116 Å². The van der Waals surface area contributed by atoms with Crippen molar-refractivity contribution in [2.75, 3.05) is 19.0 Å². The summed E-state index contributed by atoms with van der Waals surface area (Å²) in [6.45, 7) is 12.0. The molecule has 3 saturated carbocycles. The van der Waals surface area contributed by atoms with E-state index in [2.05, 4.69) is 47.0 Å². The SMILES string of the molecule is CC[C@H](NC(=O)[C@@H]1C[C@@](C)(NC(=O)NC[C@@H](C)CC(=O)OC)c2ncc(NCc3cccc(C(F)(F)F)c3)c(=O)n21)B1O[C@@H]2C3CC(C[C@]2(C)O1)C3(C)C. The third-order valence-corrected chi connectivity index (χ3v) is 12.1. The van der Waals surface area contributed by atoms with Gasteiger partial charge in [-0.05, 0) is 74.0 Å². The summed E-state index contributed by atoms with van der Waals surface area (Å²) in [6.07, 6.45) is -0.919. The van der Waals surface area contributed by atoms with E-state index in [-0.39, 0.29) is 60.4 Å². The zero-order valence-electron chi connectivity index (χ0n) is 31.8. The van der Waals surface area contributed by atoms with Gasteiger partial charge >= 0.3 is 25.3 Å². The summed E-state index contributed by atoms with van der Waals surface area (Å²) in [7, 11) is 0.579. The number of anilines is 1. The average Bonchev–Trinajstić information content (AvgIpc) is 3.63. The lowest BCUT2D eigenvalue weighted by Crippen LogP contribution is -2.63. The molecule has 294 valence electrons. The van der Waals surface area contributed by atoms with Crippen LogP contribution < -0.4 is 26.8 Å². The van der Waals surface area contributed by atoms with E-state index < -0.39 is 65.4 Å². The fraction of sp³-hybridized carbons (Fsp3) is 0.649. The van der Waals surface area contributed by atoms with Crippen molar-refractivity contribution in [2.24, 2.45) is 23.2 Å². The van der Waals surface area contributed by atoms with Gasteiger partial charge in [-0.2, -0.15) is 13.2 Å². The highest BCUT2D eigenvalue weighted by atomic mass is 19.4. The Balaban J connectivity index is 1.23. The molecule has 1 aromatic carbocycles. The maximum atomic E-state index is 14.3. The summed E-state index contributed by atoms with van der Waals surface area (Å²) in [5.41, 5.74) is -2.84. The van der Waals surface area contributed by atoms with Crippen LogP contribution in [0.15, 0.2) is 35.3 Å². The minimum Gasteiger partial charge on any atom is -0.469 e. The first-order chi connectivity index (χ1) is 25.3. The fourth-order valence-corrected chi connectivity index (χ4v) is 8.79. The predicted octanol–water partition coefficient (Wildman–Crippen LogP) is 4.69.